The summed E-state index contributed by atoms with van der Waals surface area (Å²) in [4.78, 5) is 1.86. The maximum absolute atomic E-state index is 10.8. The molecule has 0 bridgehead atoms. The molecule has 0 saturated carbocycles. The van der Waals surface area contributed by atoms with Gasteiger partial charge in [0.25, 0.3) is 0 Å². The fraction of sp³-hybridized carbons (Fsp3) is 1.00. The topological polar surface area (TPSA) is 83.6 Å². The van der Waals surface area contributed by atoms with E-state index in [0.29, 0.717) is 19.5 Å². The Morgan fingerprint density at radius 2 is 2.07 bits per heavy atom. The van der Waals surface area contributed by atoms with Crippen molar-refractivity contribution in [2.75, 3.05) is 38.8 Å². The second-order valence-corrected chi connectivity index (χ2v) is 5.92. The van der Waals surface area contributed by atoms with Crippen LogP contribution in [0.2, 0.25) is 0 Å². The van der Waals surface area contributed by atoms with Gasteiger partial charge >= 0.3 is 0 Å². The molecule has 0 saturated heterocycles. The smallest absolute Gasteiger partial charge is 0.148 e. The van der Waals surface area contributed by atoms with Crippen LogP contribution in [-0.4, -0.2) is 63.2 Å². The van der Waals surface area contributed by atoms with Crippen LogP contribution in [0.25, 0.3) is 0 Å². The number of aliphatic hydroxyl groups is 1. The lowest BCUT2D eigenvalue weighted by Gasteiger charge is -2.20. The van der Waals surface area contributed by atoms with E-state index < -0.39 is 9.84 Å². The molecule has 14 heavy (non-hydrogen) atoms. The summed E-state index contributed by atoms with van der Waals surface area (Å²) >= 11 is 0. The highest BCUT2D eigenvalue weighted by Crippen LogP contribution is 1.93. The lowest BCUT2D eigenvalue weighted by Crippen LogP contribution is -2.37. The predicted octanol–water partition coefficient (Wildman–Crippen LogP) is -1.33. The van der Waals surface area contributed by atoms with Crippen molar-refractivity contribution >= 4 is 9.84 Å². The van der Waals surface area contributed by atoms with Crippen LogP contribution in [0, 0.1) is 0 Å². The fourth-order valence-electron chi connectivity index (χ4n) is 1.07. The number of nitrogens with zero attached hydrogens (tertiary/aromatic N) is 1. The minimum atomic E-state index is -2.90. The van der Waals surface area contributed by atoms with Crippen LogP contribution in [0.1, 0.15) is 6.42 Å². The minimum Gasteiger partial charge on any atom is -0.396 e. The summed E-state index contributed by atoms with van der Waals surface area (Å²) in [6.07, 6.45) is 1.76. The highest BCUT2D eigenvalue weighted by atomic mass is 32.2. The maximum atomic E-state index is 10.8. The molecular formula is C8H20N2O3S. The lowest BCUT2D eigenvalue weighted by atomic mass is 10.2. The zero-order valence-electron chi connectivity index (χ0n) is 8.81. The zero-order chi connectivity index (χ0) is 11.2. The highest BCUT2D eigenvalue weighted by Gasteiger charge is 2.08. The van der Waals surface area contributed by atoms with Crippen LogP contribution >= 0.6 is 0 Å². The van der Waals surface area contributed by atoms with Gasteiger partial charge in [-0.3, -0.25) is 0 Å². The van der Waals surface area contributed by atoms with Crippen LogP contribution in [0.15, 0.2) is 0 Å². The molecule has 0 fully saturated rings. The normalized spacial score (nSPS) is 14.6. The molecule has 5 nitrogen and oxygen atoms in total. The monoisotopic (exact) mass is 224 g/mol. The van der Waals surface area contributed by atoms with Crippen molar-refractivity contribution in [3.05, 3.63) is 0 Å². The van der Waals surface area contributed by atoms with Crippen LogP contribution in [0.5, 0.6) is 0 Å². The Hall–Kier alpha value is -0.170. The van der Waals surface area contributed by atoms with Crippen molar-refractivity contribution < 1.29 is 13.5 Å². The van der Waals surface area contributed by atoms with E-state index in [1.165, 1.54) is 6.26 Å². The minimum absolute atomic E-state index is 0.0705. The summed E-state index contributed by atoms with van der Waals surface area (Å²) in [5.74, 6) is 0.148. The lowest BCUT2D eigenvalue weighted by molar-refractivity contribution is 0.251. The molecule has 86 valence electrons. The van der Waals surface area contributed by atoms with Crippen LogP contribution in [0.4, 0.5) is 0 Å². The Morgan fingerprint density at radius 3 is 2.50 bits per heavy atom. The van der Waals surface area contributed by atoms with Crippen molar-refractivity contribution in [2.24, 2.45) is 5.73 Å². The van der Waals surface area contributed by atoms with Gasteiger partial charge in [0.15, 0.2) is 0 Å². The van der Waals surface area contributed by atoms with E-state index in [0.717, 1.165) is 0 Å². The Morgan fingerprint density at radius 1 is 1.50 bits per heavy atom. The van der Waals surface area contributed by atoms with Crippen molar-refractivity contribution in [1.29, 1.82) is 0 Å². The zero-order valence-corrected chi connectivity index (χ0v) is 9.63. The predicted molar refractivity (Wildman–Crippen MR) is 56.9 cm³/mol. The second kappa shape index (κ2) is 6.34. The van der Waals surface area contributed by atoms with E-state index in [9.17, 15) is 8.42 Å². The summed E-state index contributed by atoms with van der Waals surface area (Å²) in [5.41, 5.74) is 5.67. The Balaban J connectivity index is 3.70. The molecule has 0 heterocycles. The van der Waals surface area contributed by atoms with E-state index >= 15 is 0 Å². The molecule has 1 unspecified atom stereocenters. The van der Waals surface area contributed by atoms with Crippen molar-refractivity contribution in [2.45, 2.75) is 12.5 Å². The summed E-state index contributed by atoms with van der Waals surface area (Å²) in [6.45, 7) is 1.16. The third kappa shape index (κ3) is 8.43. The summed E-state index contributed by atoms with van der Waals surface area (Å²) in [5, 5.41) is 8.61. The van der Waals surface area contributed by atoms with Gasteiger partial charge in [-0.1, -0.05) is 0 Å². The SMILES string of the molecule is CN(CCS(C)(=O)=O)CC(N)CCO. The second-order valence-electron chi connectivity index (χ2n) is 3.66. The van der Waals surface area contributed by atoms with Gasteiger partial charge in [-0.2, -0.15) is 0 Å². The van der Waals surface area contributed by atoms with E-state index in [2.05, 4.69) is 0 Å². The molecule has 0 amide bonds. The average Bonchev–Trinajstić information content (AvgIpc) is 2.00. The Labute approximate surface area is 85.8 Å². The van der Waals surface area contributed by atoms with Crippen LogP contribution in [-0.2, 0) is 9.84 Å². The number of rotatable bonds is 7. The number of likely N-dealkylation sites (N-methyl/N-ethyl adjacent to an activating group) is 1. The third-order valence-electron chi connectivity index (χ3n) is 1.89. The number of sulfone groups is 1. The summed E-state index contributed by atoms with van der Waals surface area (Å²) in [7, 11) is -1.08. The van der Waals surface area contributed by atoms with E-state index in [4.69, 9.17) is 10.8 Å². The van der Waals surface area contributed by atoms with E-state index in [-0.39, 0.29) is 18.4 Å². The van der Waals surface area contributed by atoms with Crippen LogP contribution in [0.3, 0.4) is 0 Å². The first kappa shape index (κ1) is 13.8. The molecule has 6 heteroatoms. The quantitative estimate of drug-likeness (QED) is 0.560. The molecule has 3 N–H and O–H groups in total. The molecule has 0 aromatic heterocycles. The maximum Gasteiger partial charge on any atom is 0.148 e. The van der Waals surface area contributed by atoms with E-state index in [1.54, 1.807) is 0 Å². The first-order valence-electron chi connectivity index (χ1n) is 4.58. The molecular weight excluding hydrogens is 204 g/mol. The van der Waals surface area contributed by atoms with Gasteiger partial charge in [-0.25, -0.2) is 8.42 Å². The molecule has 0 aliphatic heterocycles. The molecule has 1 atom stereocenters. The molecule has 0 aromatic carbocycles. The van der Waals surface area contributed by atoms with Crippen molar-refractivity contribution in [3.8, 4) is 0 Å². The van der Waals surface area contributed by atoms with Gasteiger partial charge in [-0.15, -0.1) is 0 Å². The largest absolute Gasteiger partial charge is 0.396 e. The molecule has 0 rings (SSSR count). The molecule has 0 aliphatic rings. The summed E-state index contributed by atoms with van der Waals surface area (Å²) in [6, 6.07) is -0.0930. The van der Waals surface area contributed by atoms with Gasteiger partial charge in [0.1, 0.15) is 9.84 Å². The van der Waals surface area contributed by atoms with Crippen molar-refractivity contribution in [3.63, 3.8) is 0 Å². The number of aliphatic hydroxyl groups excluding tert-OH is 1. The molecule has 0 radical (unpaired) electrons. The summed E-state index contributed by atoms with van der Waals surface area (Å²) < 4.78 is 21.7. The molecule has 0 aromatic rings. The van der Waals surface area contributed by atoms with E-state index in [1.807, 2.05) is 11.9 Å². The van der Waals surface area contributed by atoms with Gasteiger partial charge in [-0.05, 0) is 13.5 Å². The third-order valence-corrected chi connectivity index (χ3v) is 2.81. The number of nitrogens with two attached hydrogens (primary N) is 1. The van der Waals surface area contributed by atoms with Gasteiger partial charge < -0.3 is 15.7 Å². The first-order chi connectivity index (χ1) is 6.35. The Bertz CT molecular complexity index is 241. The standard InChI is InChI=1S/C8H20N2O3S/c1-10(4-6-14(2,12)13)7-8(9)3-5-11/h8,11H,3-7,9H2,1-2H3. The number of hydrogen-bond donors (Lipinski definition) is 2. The fourth-order valence-corrected chi connectivity index (χ4v) is 1.71. The first-order valence-corrected chi connectivity index (χ1v) is 6.64. The van der Waals surface area contributed by atoms with Gasteiger partial charge in [0.05, 0.1) is 5.75 Å². The van der Waals surface area contributed by atoms with Gasteiger partial charge in [0, 0.05) is 32.0 Å². The molecule has 0 spiro atoms. The Kier molecular flexibility index (Phi) is 6.26. The van der Waals surface area contributed by atoms with Crippen molar-refractivity contribution in [1.82, 2.24) is 4.90 Å². The van der Waals surface area contributed by atoms with Gasteiger partial charge in [0.2, 0.25) is 0 Å². The molecule has 0 aliphatic carbocycles. The average molecular weight is 224 g/mol. The van der Waals surface area contributed by atoms with Crippen LogP contribution < -0.4 is 5.73 Å². The number of hydrogen-bond acceptors (Lipinski definition) is 5. The highest BCUT2D eigenvalue weighted by molar-refractivity contribution is 7.90.